The molecule has 3 heterocycles. The van der Waals surface area contributed by atoms with Gasteiger partial charge in [0.25, 0.3) is 0 Å². The van der Waals surface area contributed by atoms with Gasteiger partial charge in [-0.15, -0.1) is 0 Å². The quantitative estimate of drug-likeness (QED) is 0.267. The lowest BCUT2D eigenvalue weighted by Gasteiger charge is -2.26. The number of hydrogen-bond donors (Lipinski definition) is 1. The van der Waals surface area contributed by atoms with E-state index in [1.165, 1.54) is 55.5 Å². The van der Waals surface area contributed by atoms with E-state index >= 15 is 0 Å². The van der Waals surface area contributed by atoms with Crippen LogP contribution in [0, 0.1) is 0 Å². The largest absolute Gasteiger partial charge is 0.354 e. The second-order valence-corrected chi connectivity index (χ2v) is 9.17. The Hall–Kier alpha value is -4.76. The summed E-state index contributed by atoms with van der Waals surface area (Å²) < 4.78 is 2.43. The summed E-state index contributed by atoms with van der Waals surface area (Å²) in [5, 5.41) is 3.78. The molecule has 5 aromatic carbocycles. The molecule has 7 aromatic rings. The maximum Gasteiger partial charge on any atom is 0.0702 e. The lowest BCUT2D eigenvalue weighted by Crippen LogP contribution is -2.11. The standard InChI is InChI=1S/C32H21N3/c1-2-10-22(11-3-1)34-28-15-7-5-13-24(28)32-19-21-18-25-23-12-4-6-14-26(23)33-27(25)20-31(21)35(32)30-17-9-8-16-29(30)34/h1-20,33H. The van der Waals surface area contributed by atoms with E-state index in [1.54, 1.807) is 0 Å². The van der Waals surface area contributed by atoms with Crippen LogP contribution in [0.5, 0.6) is 0 Å². The van der Waals surface area contributed by atoms with Gasteiger partial charge in [0.1, 0.15) is 0 Å². The number of nitrogens with zero attached hydrogens (tertiary/aromatic N) is 2. The van der Waals surface area contributed by atoms with Crippen molar-refractivity contribution in [3.8, 4) is 16.9 Å². The van der Waals surface area contributed by atoms with E-state index in [0.717, 1.165) is 11.2 Å². The summed E-state index contributed by atoms with van der Waals surface area (Å²) in [4.78, 5) is 6.02. The van der Waals surface area contributed by atoms with Crippen molar-refractivity contribution in [1.82, 2.24) is 9.55 Å². The van der Waals surface area contributed by atoms with Gasteiger partial charge in [0, 0.05) is 38.4 Å². The summed E-state index contributed by atoms with van der Waals surface area (Å²) in [6, 6.07) is 43.6. The summed E-state index contributed by atoms with van der Waals surface area (Å²) in [7, 11) is 0. The van der Waals surface area contributed by atoms with Crippen molar-refractivity contribution in [3.05, 3.63) is 121 Å². The smallest absolute Gasteiger partial charge is 0.0702 e. The lowest BCUT2D eigenvalue weighted by molar-refractivity contribution is 1.14. The van der Waals surface area contributed by atoms with Crippen molar-refractivity contribution in [3.63, 3.8) is 0 Å². The summed E-state index contributed by atoms with van der Waals surface area (Å²) in [5.41, 5.74) is 10.6. The van der Waals surface area contributed by atoms with E-state index in [-0.39, 0.29) is 0 Å². The van der Waals surface area contributed by atoms with E-state index < -0.39 is 0 Å². The van der Waals surface area contributed by atoms with Crippen molar-refractivity contribution in [2.75, 3.05) is 4.90 Å². The molecule has 3 heteroatoms. The van der Waals surface area contributed by atoms with Gasteiger partial charge in [-0.05, 0) is 54.6 Å². The normalized spacial score (nSPS) is 12.5. The number of fused-ring (bicyclic) bond motifs is 10. The lowest BCUT2D eigenvalue weighted by atomic mass is 10.1. The number of H-pyrrole nitrogens is 1. The van der Waals surface area contributed by atoms with Crippen molar-refractivity contribution >= 4 is 49.8 Å². The number of rotatable bonds is 1. The van der Waals surface area contributed by atoms with E-state index in [9.17, 15) is 0 Å². The maximum absolute atomic E-state index is 3.64. The third-order valence-corrected chi connectivity index (χ3v) is 7.23. The second kappa shape index (κ2) is 6.87. The highest BCUT2D eigenvalue weighted by Crippen LogP contribution is 2.48. The first kappa shape index (κ1) is 18.6. The first-order valence-corrected chi connectivity index (χ1v) is 12.0. The third-order valence-electron chi connectivity index (χ3n) is 7.23. The Morgan fingerprint density at radius 1 is 0.514 bits per heavy atom. The molecule has 1 aliphatic heterocycles. The van der Waals surface area contributed by atoms with Crippen molar-refractivity contribution in [2.45, 2.75) is 0 Å². The molecule has 2 aromatic heterocycles. The van der Waals surface area contributed by atoms with Gasteiger partial charge in [-0.25, -0.2) is 0 Å². The second-order valence-electron chi connectivity index (χ2n) is 9.17. The highest BCUT2D eigenvalue weighted by Gasteiger charge is 2.27. The molecule has 0 spiro atoms. The van der Waals surface area contributed by atoms with Gasteiger partial charge >= 0.3 is 0 Å². The molecule has 3 nitrogen and oxygen atoms in total. The van der Waals surface area contributed by atoms with Gasteiger partial charge in [-0.3, -0.25) is 0 Å². The Balaban J connectivity index is 1.52. The number of nitrogens with one attached hydrogen (secondary N) is 1. The molecule has 35 heavy (non-hydrogen) atoms. The first-order chi connectivity index (χ1) is 17.4. The van der Waals surface area contributed by atoms with E-state index in [4.69, 9.17) is 0 Å². The molecule has 0 fully saturated rings. The maximum atomic E-state index is 3.64. The Morgan fingerprint density at radius 3 is 2.11 bits per heavy atom. The number of aromatic amines is 1. The fourth-order valence-corrected chi connectivity index (χ4v) is 5.72. The predicted molar refractivity (Wildman–Crippen MR) is 146 cm³/mol. The summed E-state index contributed by atoms with van der Waals surface area (Å²) >= 11 is 0. The van der Waals surface area contributed by atoms with Crippen LogP contribution < -0.4 is 4.90 Å². The number of anilines is 3. The average Bonchev–Trinajstić information content (AvgIpc) is 3.43. The fourth-order valence-electron chi connectivity index (χ4n) is 5.72. The van der Waals surface area contributed by atoms with Crippen LogP contribution in [0.25, 0.3) is 49.7 Å². The molecule has 1 N–H and O–H groups in total. The SMILES string of the molecule is c1ccc(N2c3ccccc3-c3cc4cc5c(cc4n3-c3ccccc32)[nH]c2ccccc25)cc1. The van der Waals surface area contributed by atoms with Crippen LogP contribution in [-0.2, 0) is 0 Å². The number of benzene rings is 5. The molecule has 0 unspecified atom stereocenters. The van der Waals surface area contributed by atoms with Crippen LogP contribution in [-0.4, -0.2) is 9.55 Å². The molecular weight excluding hydrogens is 426 g/mol. The Bertz CT molecular complexity index is 1910. The molecule has 1 aliphatic rings. The van der Waals surface area contributed by atoms with Crippen LogP contribution in [0.1, 0.15) is 0 Å². The highest BCUT2D eigenvalue weighted by atomic mass is 15.2. The summed E-state index contributed by atoms with van der Waals surface area (Å²) in [6.07, 6.45) is 0. The molecule has 164 valence electrons. The number of aromatic nitrogens is 2. The zero-order valence-electron chi connectivity index (χ0n) is 18.9. The molecule has 0 amide bonds. The summed E-state index contributed by atoms with van der Waals surface area (Å²) in [5.74, 6) is 0. The minimum Gasteiger partial charge on any atom is -0.354 e. The summed E-state index contributed by atoms with van der Waals surface area (Å²) in [6.45, 7) is 0. The number of para-hydroxylation sites is 5. The Kier molecular flexibility index (Phi) is 3.66. The third kappa shape index (κ3) is 2.55. The van der Waals surface area contributed by atoms with E-state index in [0.29, 0.717) is 0 Å². The predicted octanol–water partition coefficient (Wildman–Crippen LogP) is 8.72. The molecule has 0 saturated heterocycles. The molecule has 0 bridgehead atoms. The molecular formula is C32H21N3. The zero-order chi connectivity index (χ0) is 22.9. The fraction of sp³-hybridized carbons (Fsp3) is 0. The average molecular weight is 448 g/mol. The molecule has 0 saturated carbocycles. The topological polar surface area (TPSA) is 24.0 Å². The van der Waals surface area contributed by atoms with Gasteiger partial charge in [0.2, 0.25) is 0 Å². The number of hydrogen-bond acceptors (Lipinski definition) is 1. The van der Waals surface area contributed by atoms with Gasteiger partial charge in [-0.1, -0.05) is 66.7 Å². The molecule has 0 aliphatic carbocycles. The Morgan fingerprint density at radius 2 is 1.23 bits per heavy atom. The van der Waals surface area contributed by atoms with E-state index in [1.807, 2.05) is 0 Å². The molecule has 8 rings (SSSR count). The minimum atomic E-state index is 1.15. The zero-order valence-corrected chi connectivity index (χ0v) is 18.9. The van der Waals surface area contributed by atoms with Gasteiger partial charge in [-0.2, -0.15) is 0 Å². The van der Waals surface area contributed by atoms with Gasteiger partial charge < -0.3 is 14.5 Å². The molecule has 0 radical (unpaired) electrons. The Labute approximate surface area is 202 Å². The van der Waals surface area contributed by atoms with E-state index in [2.05, 4.69) is 136 Å². The van der Waals surface area contributed by atoms with Crippen molar-refractivity contribution in [1.29, 1.82) is 0 Å². The van der Waals surface area contributed by atoms with Crippen LogP contribution >= 0.6 is 0 Å². The monoisotopic (exact) mass is 447 g/mol. The van der Waals surface area contributed by atoms with Gasteiger partial charge in [0.15, 0.2) is 0 Å². The highest BCUT2D eigenvalue weighted by molar-refractivity contribution is 6.13. The first-order valence-electron chi connectivity index (χ1n) is 12.0. The van der Waals surface area contributed by atoms with Crippen LogP contribution in [0.3, 0.4) is 0 Å². The van der Waals surface area contributed by atoms with Crippen molar-refractivity contribution < 1.29 is 0 Å². The minimum absolute atomic E-state index is 1.15. The van der Waals surface area contributed by atoms with Crippen LogP contribution in [0.15, 0.2) is 121 Å². The van der Waals surface area contributed by atoms with Gasteiger partial charge in [0.05, 0.1) is 28.3 Å². The van der Waals surface area contributed by atoms with Crippen LogP contribution in [0.2, 0.25) is 0 Å². The van der Waals surface area contributed by atoms with Crippen LogP contribution in [0.4, 0.5) is 17.1 Å². The molecule has 0 atom stereocenters. The van der Waals surface area contributed by atoms with Crippen molar-refractivity contribution in [2.24, 2.45) is 0 Å².